The molecule has 236 valence electrons. The van der Waals surface area contributed by atoms with Crippen LogP contribution in [0.4, 0.5) is 0 Å². The van der Waals surface area contributed by atoms with Gasteiger partial charge in [-0.3, -0.25) is 0 Å². The van der Waals surface area contributed by atoms with E-state index in [9.17, 15) is 40.9 Å². The Balaban J connectivity index is 1.61. The Morgan fingerprint density at radius 1 is 0.675 bits per heavy atom. The molecule has 0 aromatic rings. The molecule has 0 saturated carbocycles. The Morgan fingerprint density at radius 3 is 1.73 bits per heavy atom. The van der Waals surface area contributed by atoms with Crippen molar-refractivity contribution in [3.8, 4) is 0 Å². The summed E-state index contributed by atoms with van der Waals surface area (Å²) in [6, 6.07) is 0. The predicted molar refractivity (Wildman–Crippen MR) is 136 cm³/mol. The van der Waals surface area contributed by atoms with E-state index in [1.54, 1.807) is 13.8 Å². The summed E-state index contributed by atoms with van der Waals surface area (Å²) in [7, 11) is 0. The predicted octanol–water partition coefficient (Wildman–Crippen LogP) is -2.77. The molecule has 3 heterocycles. The van der Waals surface area contributed by atoms with Crippen LogP contribution in [0.2, 0.25) is 0 Å². The Labute approximate surface area is 234 Å². The van der Waals surface area contributed by atoms with E-state index in [-0.39, 0.29) is 13.2 Å². The summed E-state index contributed by atoms with van der Waals surface area (Å²) in [5.41, 5.74) is 0. The molecule has 0 aliphatic carbocycles. The number of aliphatic hydroxyl groups is 8. The maximum atomic E-state index is 10.9. The van der Waals surface area contributed by atoms with Gasteiger partial charge in [0.2, 0.25) is 0 Å². The van der Waals surface area contributed by atoms with Crippen LogP contribution in [0.15, 0.2) is 0 Å². The van der Waals surface area contributed by atoms with Crippen molar-refractivity contribution in [2.45, 2.75) is 126 Å². The zero-order valence-corrected chi connectivity index (χ0v) is 23.5. The smallest absolute Gasteiger partial charge is 0.189 e. The lowest BCUT2D eigenvalue weighted by Crippen LogP contribution is -2.62. The van der Waals surface area contributed by atoms with Crippen molar-refractivity contribution in [3.05, 3.63) is 0 Å². The van der Waals surface area contributed by atoms with Crippen molar-refractivity contribution >= 4 is 0 Å². The lowest BCUT2D eigenvalue weighted by Gasteiger charge is -2.46. The third-order valence-electron chi connectivity index (χ3n) is 8.19. The molecule has 40 heavy (non-hydrogen) atoms. The van der Waals surface area contributed by atoms with Gasteiger partial charge in [0.15, 0.2) is 12.6 Å². The molecule has 0 aromatic carbocycles. The Morgan fingerprint density at radius 2 is 1.23 bits per heavy atom. The molecule has 14 nitrogen and oxygen atoms in total. The molecular formula is C26H48O14. The average molecular weight is 585 g/mol. The van der Waals surface area contributed by atoms with E-state index in [1.807, 2.05) is 13.8 Å². The first kappa shape index (κ1) is 33.9. The van der Waals surface area contributed by atoms with Gasteiger partial charge in [-0.15, -0.1) is 0 Å². The largest absolute Gasteiger partial charge is 0.394 e. The molecule has 3 aliphatic rings. The minimum absolute atomic E-state index is 0.122. The van der Waals surface area contributed by atoms with E-state index < -0.39 is 104 Å². The molecule has 0 bridgehead atoms. The average Bonchev–Trinajstić information content (AvgIpc) is 2.92. The highest BCUT2D eigenvalue weighted by Gasteiger charge is 2.50. The van der Waals surface area contributed by atoms with Gasteiger partial charge in [-0.25, -0.2) is 0 Å². The fourth-order valence-electron chi connectivity index (χ4n) is 5.55. The number of hydrogen-bond acceptors (Lipinski definition) is 14. The fourth-order valence-corrected chi connectivity index (χ4v) is 5.55. The SMILES string of the molecule is CCCC(OCC1C(C)OC(OC2OC(C)C(COCC)C(O)C2O)C(O)C1O)C1OC(CO)C(O)C(O)C1O. The second-order valence-electron chi connectivity index (χ2n) is 11.0. The van der Waals surface area contributed by atoms with Gasteiger partial charge >= 0.3 is 0 Å². The van der Waals surface area contributed by atoms with Crippen LogP contribution < -0.4 is 0 Å². The molecule has 8 N–H and O–H groups in total. The minimum atomic E-state index is -1.55. The lowest BCUT2D eigenvalue weighted by molar-refractivity contribution is -0.367. The van der Waals surface area contributed by atoms with Crippen LogP contribution in [-0.2, 0) is 28.4 Å². The van der Waals surface area contributed by atoms with Crippen molar-refractivity contribution in [2.24, 2.45) is 11.8 Å². The van der Waals surface area contributed by atoms with Gasteiger partial charge in [0.05, 0.1) is 50.3 Å². The quantitative estimate of drug-likeness (QED) is 0.117. The molecule has 0 radical (unpaired) electrons. The zero-order chi connectivity index (χ0) is 29.7. The van der Waals surface area contributed by atoms with Crippen molar-refractivity contribution in [3.63, 3.8) is 0 Å². The van der Waals surface area contributed by atoms with Gasteiger partial charge in [-0.05, 0) is 27.2 Å². The third-order valence-corrected chi connectivity index (χ3v) is 8.19. The van der Waals surface area contributed by atoms with Gasteiger partial charge < -0.3 is 69.3 Å². The van der Waals surface area contributed by atoms with Crippen LogP contribution in [0.25, 0.3) is 0 Å². The van der Waals surface area contributed by atoms with Gasteiger partial charge in [-0.1, -0.05) is 13.3 Å². The molecule has 0 aromatic heterocycles. The lowest BCUT2D eigenvalue weighted by atomic mass is 9.89. The summed E-state index contributed by atoms with van der Waals surface area (Å²) >= 11 is 0. The van der Waals surface area contributed by atoms with Crippen molar-refractivity contribution in [1.29, 1.82) is 0 Å². The third kappa shape index (κ3) is 7.50. The van der Waals surface area contributed by atoms with E-state index in [0.717, 1.165) is 0 Å². The molecule has 0 amide bonds. The summed E-state index contributed by atoms with van der Waals surface area (Å²) in [6.07, 6.45) is -15.9. The minimum Gasteiger partial charge on any atom is -0.394 e. The first-order chi connectivity index (χ1) is 19.0. The van der Waals surface area contributed by atoms with E-state index in [0.29, 0.717) is 19.4 Å². The van der Waals surface area contributed by atoms with Crippen molar-refractivity contribution in [2.75, 3.05) is 26.4 Å². The van der Waals surface area contributed by atoms with Gasteiger partial charge in [0.25, 0.3) is 0 Å². The second-order valence-corrected chi connectivity index (χ2v) is 11.0. The van der Waals surface area contributed by atoms with E-state index in [4.69, 9.17) is 28.4 Å². The molecular weight excluding hydrogens is 536 g/mol. The summed E-state index contributed by atoms with van der Waals surface area (Å²) in [5.74, 6) is -1.23. The summed E-state index contributed by atoms with van der Waals surface area (Å²) in [5, 5.41) is 83.2. The second kappa shape index (κ2) is 15.3. The first-order valence-corrected chi connectivity index (χ1v) is 14.1. The molecule has 16 unspecified atom stereocenters. The number of aliphatic hydroxyl groups excluding tert-OH is 8. The zero-order valence-electron chi connectivity index (χ0n) is 23.5. The first-order valence-electron chi connectivity index (χ1n) is 14.1. The van der Waals surface area contributed by atoms with E-state index in [2.05, 4.69) is 0 Å². The number of ether oxygens (including phenoxy) is 6. The highest BCUT2D eigenvalue weighted by atomic mass is 16.8. The highest BCUT2D eigenvalue weighted by Crippen LogP contribution is 2.33. The molecule has 3 aliphatic heterocycles. The molecule has 16 atom stereocenters. The van der Waals surface area contributed by atoms with Gasteiger partial charge in [-0.2, -0.15) is 0 Å². The maximum Gasteiger partial charge on any atom is 0.189 e. The Hall–Kier alpha value is -0.560. The standard InChI is InChI=1S/C26H48O14/c1-5-7-15(24-21(32)20(31)19(30)16(8-27)39-24)36-10-14-12(4)38-26(23(34)18(14)29)40-25-22(33)17(28)13(9-35-6-2)11(3)37-25/h11-34H,5-10H2,1-4H3. The van der Waals surface area contributed by atoms with E-state index in [1.165, 1.54) is 0 Å². The van der Waals surface area contributed by atoms with Crippen LogP contribution >= 0.6 is 0 Å². The molecule has 3 saturated heterocycles. The molecule has 0 spiro atoms. The fraction of sp³-hybridized carbons (Fsp3) is 1.00. The summed E-state index contributed by atoms with van der Waals surface area (Å²) in [6.45, 7) is 6.99. The van der Waals surface area contributed by atoms with Gasteiger partial charge in [0, 0.05) is 18.4 Å². The Kier molecular flexibility index (Phi) is 12.9. The number of rotatable bonds is 12. The van der Waals surface area contributed by atoms with Gasteiger partial charge in [0.1, 0.15) is 42.7 Å². The van der Waals surface area contributed by atoms with Crippen LogP contribution in [0.3, 0.4) is 0 Å². The number of hydrogen-bond donors (Lipinski definition) is 8. The van der Waals surface area contributed by atoms with Crippen LogP contribution in [0.5, 0.6) is 0 Å². The van der Waals surface area contributed by atoms with Crippen molar-refractivity contribution in [1.82, 2.24) is 0 Å². The Bertz CT molecular complexity index is 744. The molecule has 3 rings (SSSR count). The topological polar surface area (TPSA) is 217 Å². The van der Waals surface area contributed by atoms with Crippen molar-refractivity contribution < 1.29 is 69.3 Å². The van der Waals surface area contributed by atoms with Crippen LogP contribution in [0, 0.1) is 11.8 Å². The van der Waals surface area contributed by atoms with E-state index >= 15 is 0 Å². The highest BCUT2D eigenvalue weighted by molar-refractivity contribution is 4.96. The normalized spacial score (nSPS) is 47.2. The van der Waals surface area contributed by atoms with Crippen LogP contribution in [0.1, 0.15) is 40.5 Å². The summed E-state index contributed by atoms with van der Waals surface area (Å²) in [4.78, 5) is 0. The monoisotopic (exact) mass is 584 g/mol. The molecule has 14 heteroatoms. The summed E-state index contributed by atoms with van der Waals surface area (Å²) < 4.78 is 34.3. The maximum absolute atomic E-state index is 10.9. The van der Waals surface area contributed by atoms with Crippen LogP contribution in [-0.4, -0.2) is 153 Å². The molecule has 3 fully saturated rings.